The van der Waals surface area contributed by atoms with Gasteiger partial charge in [0.1, 0.15) is 11.4 Å². The van der Waals surface area contributed by atoms with Crippen LogP contribution < -0.4 is 4.74 Å². The monoisotopic (exact) mass is 391 g/mol. The van der Waals surface area contributed by atoms with Crippen molar-refractivity contribution < 1.29 is 9.53 Å². The fourth-order valence-corrected chi connectivity index (χ4v) is 4.49. The summed E-state index contributed by atoms with van der Waals surface area (Å²) >= 11 is 0. The van der Waals surface area contributed by atoms with Gasteiger partial charge in [0, 0.05) is 54.4 Å². The number of ether oxygens (including phenoxy) is 1. The summed E-state index contributed by atoms with van der Waals surface area (Å²) in [6.45, 7) is 2.62. The van der Waals surface area contributed by atoms with Crippen LogP contribution in [0.15, 0.2) is 30.5 Å². The summed E-state index contributed by atoms with van der Waals surface area (Å²) in [5.74, 6) is 1.53. The molecule has 1 aromatic carbocycles. The molecule has 29 heavy (non-hydrogen) atoms. The Bertz CT molecular complexity index is 1080. The van der Waals surface area contributed by atoms with Gasteiger partial charge in [-0.2, -0.15) is 0 Å². The van der Waals surface area contributed by atoms with Gasteiger partial charge in [-0.25, -0.2) is 9.97 Å². The molecular formula is C22H25N5O2. The number of carbonyl (C=O) groups is 1. The van der Waals surface area contributed by atoms with Crippen molar-refractivity contribution in [3.05, 3.63) is 53.2 Å². The van der Waals surface area contributed by atoms with E-state index in [1.54, 1.807) is 7.11 Å². The van der Waals surface area contributed by atoms with Crippen molar-refractivity contribution >= 4 is 16.8 Å². The zero-order valence-corrected chi connectivity index (χ0v) is 16.8. The molecule has 0 spiro atoms. The number of hydrogen-bond acceptors (Lipinski definition) is 5. The van der Waals surface area contributed by atoms with E-state index in [9.17, 15) is 4.79 Å². The van der Waals surface area contributed by atoms with Gasteiger partial charge in [-0.3, -0.25) is 4.79 Å². The van der Waals surface area contributed by atoms with Gasteiger partial charge in [0.2, 0.25) is 0 Å². The smallest absolute Gasteiger partial charge is 0.270 e. The Morgan fingerprint density at radius 3 is 3.07 bits per heavy atom. The normalized spacial score (nSPS) is 19.5. The Labute approximate surface area is 169 Å². The maximum Gasteiger partial charge on any atom is 0.270 e. The molecule has 2 aromatic heterocycles. The lowest BCUT2D eigenvalue weighted by Gasteiger charge is -2.27. The maximum atomic E-state index is 13.3. The number of rotatable bonds is 3. The zero-order chi connectivity index (χ0) is 20.0. The van der Waals surface area contributed by atoms with Crippen molar-refractivity contribution in [3.63, 3.8) is 0 Å². The molecule has 5 rings (SSSR count). The van der Waals surface area contributed by atoms with E-state index in [1.165, 1.54) is 5.56 Å². The van der Waals surface area contributed by atoms with Crippen LogP contribution in [0.4, 0.5) is 0 Å². The van der Waals surface area contributed by atoms with Gasteiger partial charge in [0.15, 0.2) is 5.82 Å². The molecule has 1 N–H and O–H groups in total. The van der Waals surface area contributed by atoms with Crippen LogP contribution in [0.2, 0.25) is 0 Å². The molecule has 4 heterocycles. The number of fused-ring (bicyclic) bond motifs is 2. The highest BCUT2D eigenvalue weighted by Gasteiger charge is 2.34. The lowest BCUT2D eigenvalue weighted by Crippen LogP contribution is -2.33. The average molecular weight is 391 g/mol. The third-order valence-electron chi connectivity index (χ3n) is 6.03. The van der Waals surface area contributed by atoms with Crippen LogP contribution in [-0.2, 0) is 13.0 Å². The largest absolute Gasteiger partial charge is 0.496 e. The van der Waals surface area contributed by atoms with Gasteiger partial charge in [-0.05, 0) is 38.1 Å². The molecule has 3 aromatic rings. The molecule has 0 radical (unpaired) electrons. The van der Waals surface area contributed by atoms with Crippen LogP contribution in [0, 0.1) is 0 Å². The van der Waals surface area contributed by atoms with Crippen LogP contribution >= 0.6 is 0 Å². The van der Waals surface area contributed by atoms with Gasteiger partial charge < -0.3 is 19.5 Å². The van der Waals surface area contributed by atoms with Gasteiger partial charge in [0.05, 0.1) is 13.2 Å². The van der Waals surface area contributed by atoms with E-state index in [4.69, 9.17) is 9.72 Å². The summed E-state index contributed by atoms with van der Waals surface area (Å²) in [4.78, 5) is 30.3. The number of likely N-dealkylation sites (N-methyl/N-ethyl adjacent to an activating group) is 1. The van der Waals surface area contributed by atoms with Crippen LogP contribution in [-0.4, -0.2) is 57.9 Å². The molecule has 1 fully saturated rings. The number of hydrogen-bond donors (Lipinski definition) is 1. The summed E-state index contributed by atoms with van der Waals surface area (Å²) in [5, 5.41) is 0.920. The second kappa shape index (κ2) is 7.15. The van der Waals surface area contributed by atoms with E-state index in [1.807, 2.05) is 35.4 Å². The molecule has 0 saturated carbocycles. The zero-order valence-electron chi connectivity index (χ0n) is 16.8. The highest BCUT2D eigenvalue weighted by atomic mass is 16.5. The van der Waals surface area contributed by atoms with Crippen molar-refractivity contribution in [2.75, 3.05) is 27.2 Å². The van der Waals surface area contributed by atoms with Gasteiger partial charge in [-0.15, -0.1) is 0 Å². The highest BCUT2D eigenvalue weighted by Crippen LogP contribution is 2.33. The number of H-pyrrole nitrogens is 1. The Balaban J connectivity index is 1.44. The minimum absolute atomic E-state index is 0.00759. The molecular weight excluding hydrogens is 366 g/mol. The lowest BCUT2D eigenvalue weighted by atomic mass is 10.1. The molecule has 0 bridgehead atoms. The summed E-state index contributed by atoms with van der Waals surface area (Å²) in [7, 11) is 3.76. The summed E-state index contributed by atoms with van der Waals surface area (Å²) in [6.07, 6.45) is 4.74. The molecule has 2 aliphatic rings. The molecule has 1 amide bonds. The Hall–Kier alpha value is -2.93. The van der Waals surface area contributed by atoms with E-state index >= 15 is 0 Å². The van der Waals surface area contributed by atoms with Crippen LogP contribution in [0.3, 0.4) is 0 Å². The van der Waals surface area contributed by atoms with Crippen molar-refractivity contribution in [3.8, 4) is 5.75 Å². The lowest BCUT2D eigenvalue weighted by molar-refractivity contribution is 0.0724. The van der Waals surface area contributed by atoms with Gasteiger partial charge in [0.25, 0.3) is 5.91 Å². The molecule has 7 heteroatoms. The highest BCUT2D eigenvalue weighted by molar-refractivity contribution is 6.00. The van der Waals surface area contributed by atoms with Crippen LogP contribution in [0.25, 0.3) is 10.9 Å². The fourth-order valence-electron chi connectivity index (χ4n) is 4.49. The molecule has 7 nitrogen and oxygen atoms in total. The summed E-state index contributed by atoms with van der Waals surface area (Å²) in [6, 6.07) is 7.60. The second-order valence-electron chi connectivity index (χ2n) is 7.95. The second-order valence-corrected chi connectivity index (χ2v) is 7.95. The van der Waals surface area contributed by atoms with Crippen LogP contribution in [0.5, 0.6) is 5.75 Å². The van der Waals surface area contributed by atoms with Crippen molar-refractivity contribution in [2.45, 2.75) is 31.8 Å². The number of benzene rings is 1. The topological polar surface area (TPSA) is 74.4 Å². The first kappa shape index (κ1) is 18.1. The maximum absolute atomic E-state index is 13.3. The predicted octanol–water partition coefficient (Wildman–Crippen LogP) is 2.93. The van der Waals surface area contributed by atoms with Crippen molar-refractivity contribution in [2.24, 2.45) is 0 Å². The Kier molecular flexibility index (Phi) is 4.47. The minimum Gasteiger partial charge on any atom is -0.496 e. The number of aromatic nitrogens is 3. The quantitative estimate of drug-likeness (QED) is 0.743. The molecule has 1 atom stereocenters. The van der Waals surface area contributed by atoms with E-state index in [0.717, 1.165) is 67.1 Å². The number of methoxy groups -OCH3 is 1. The van der Waals surface area contributed by atoms with Gasteiger partial charge in [-0.1, -0.05) is 6.07 Å². The fraction of sp³-hybridized carbons (Fsp3) is 0.409. The van der Waals surface area contributed by atoms with Crippen LogP contribution in [0.1, 0.15) is 46.5 Å². The van der Waals surface area contributed by atoms with E-state index in [2.05, 4.69) is 21.9 Å². The summed E-state index contributed by atoms with van der Waals surface area (Å²) in [5.41, 5.74) is 3.80. The first-order valence-electron chi connectivity index (χ1n) is 10.1. The standard InChI is InChI=1S/C22H25N5O2/c1-26-10-8-16-14(13-26)12-23-21(25-16)19-6-4-9-27(19)22(28)18-11-15-17(24-18)5-3-7-20(15)29-2/h3,5,7,11-12,19,24H,4,6,8-10,13H2,1-2H3/t19-/m1/s1. The first-order chi connectivity index (χ1) is 14.1. The molecule has 0 unspecified atom stereocenters. The minimum atomic E-state index is -0.0687. The molecule has 1 saturated heterocycles. The number of nitrogens with zero attached hydrogens (tertiary/aromatic N) is 4. The predicted molar refractivity (Wildman–Crippen MR) is 110 cm³/mol. The molecule has 0 aliphatic carbocycles. The summed E-state index contributed by atoms with van der Waals surface area (Å²) < 4.78 is 5.43. The third-order valence-corrected chi connectivity index (χ3v) is 6.03. The third kappa shape index (κ3) is 3.15. The Morgan fingerprint density at radius 1 is 1.31 bits per heavy atom. The molecule has 2 aliphatic heterocycles. The van der Waals surface area contributed by atoms with E-state index < -0.39 is 0 Å². The van der Waals surface area contributed by atoms with Crippen molar-refractivity contribution in [1.29, 1.82) is 0 Å². The van der Waals surface area contributed by atoms with Crippen molar-refractivity contribution in [1.82, 2.24) is 24.8 Å². The molecule has 150 valence electrons. The number of nitrogens with one attached hydrogen (secondary N) is 1. The average Bonchev–Trinajstić information content (AvgIpc) is 3.39. The number of amides is 1. The van der Waals surface area contributed by atoms with E-state index in [-0.39, 0.29) is 11.9 Å². The number of aromatic amines is 1. The van der Waals surface area contributed by atoms with Gasteiger partial charge >= 0.3 is 0 Å². The van der Waals surface area contributed by atoms with E-state index in [0.29, 0.717) is 5.69 Å². The number of carbonyl (C=O) groups excluding carboxylic acids is 1. The first-order valence-corrected chi connectivity index (χ1v) is 10.1. The number of likely N-dealkylation sites (tertiary alicyclic amines) is 1. The Morgan fingerprint density at radius 2 is 2.21 bits per heavy atom. The SMILES string of the molecule is COc1cccc2[nH]c(C(=O)N3CCC[C@@H]3c3ncc4c(n3)CCN(C)C4)cc12.